The molecule has 1 aliphatic carbocycles. The van der Waals surface area contributed by atoms with Crippen LogP contribution in [0.25, 0.3) is 76.9 Å². The Morgan fingerprint density at radius 2 is 1.09 bits per heavy atom. The minimum Gasteiger partial charge on any atom is -0.456 e. The lowest BCUT2D eigenvalue weighted by atomic mass is 9.82. The molecule has 11 rings (SSSR count). The average molecular weight is 704 g/mol. The molecule has 2 heteroatoms. The molecule has 55 heavy (non-hydrogen) atoms. The van der Waals surface area contributed by atoms with E-state index in [9.17, 15) is 0 Å². The largest absolute Gasteiger partial charge is 0.456 e. The Hall–Kier alpha value is -6.90. The SMILES string of the molecule is CC1(C)c2ccccc2-c2ccc(N(c3cccc(-c4ccccc4)c3)c3ccc4oc5ccccc5c4c3-c3cc4ccccc4c4ccccc34)cc21. The third-order valence-corrected chi connectivity index (χ3v) is 11.8. The highest BCUT2D eigenvalue weighted by molar-refractivity contribution is 6.22. The van der Waals surface area contributed by atoms with Crippen LogP contribution in [-0.4, -0.2) is 0 Å². The minimum atomic E-state index is -0.151. The molecule has 0 saturated heterocycles. The van der Waals surface area contributed by atoms with Crippen LogP contribution in [0, 0.1) is 0 Å². The fourth-order valence-corrected chi connectivity index (χ4v) is 9.24. The lowest BCUT2D eigenvalue weighted by molar-refractivity contribution is 0.660. The molecular formula is C53H37NO. The first kappa shape index (κ1) is 31.6. The standard InChI is InChI=1S/C53H37NO/c1-53(2)46-25-12-10-23-42(46)43-28-27-38(33-47(43)53)54(37-19-14-18-35(31-37)34-15-4-3-5-16-34)48-29-30-50-52(44-24-11-13-26-49(44)55-50)51(48)45-32-36-17-6-7-20-39(36)40-21-8-9-22-41(40)45/h3-33H,1-2H3. The van der Waals surface area contributed by atoms with Gasteiger partial charge in [0.15, 0.2) is 0 Å². The Kier molecular flexibility index (Phi) is 6.93. The zero-order chi connectivity index (χ0) is 36.7. The molecule has 1 aromatic heterocycles. The number of hydrogen-bond acceptors (Lipinski definition) is 2. The van der Waals surface area contributed by atoms with Crippen molar-refractivity contribution >= 4 is 60.5 Å². The van der Waals surface area contributed by atoms with Crippen LogP contribution in [0.5, 0.6) is 0 Å². The summed E-state index contributed by atoms with van der Waals surface area (Å²) in [5, 5.41) is 7.13. The summed E-state index contributed by atoms with van der Waals surface area (Å²) in [6.07, 6.45) is 0. The van der Waals surface area contributed by atoms with E-state index < -0.39 is 0 Å². The van der Waals surface area contributed by atoms with Crippen molar-refractivity contribution in [2.45, 2.75) is 19.3 Å². The number of rotatable bonds is 5. The van der Waals surface area contributed by atoms with E-state index in [2.05, 4.69) is 207 Å². The van der Waals surface area contributed by atoms with Crippen molar-refractivity contribution < 1.29 is 4.42 Å². The summed E-state index contributed by atoms with van der Waals surface area (Å²) < 4.78 is 6.64. The van der Waals surface area contributed by atoms with Gasteiger partial charge in [0.05, 0.1) is 5.69 Å². The Bertz CT molecular complexity index is 3130. The summed E-state index contributed by atoms with van der Waals surface area (Å²) in [4.78, 5) is 2.48. The highest BCUT2D eigenvalue weighted by Gasteiger charge is 2.36. The fourth-order valence-electron chi connectivity index (χ4n) is 9.24. The minimum absolute atomic E-state index is 0.151. The van der Waals surface area contributed by atoms with E-state index >= 15 is 0 Å². The van der Waals surface area contributed by atoms with Crippen LogP contribution in [-0.2, 0) is 5.41 Å². The molecule has 0 atom stereocenters. The summed E-state index contributed by atoms with van der Waals surface area (Å²) >= 11 is 0. The van der Waals surface area contributed by atoms with E-state index in [1.54, 1.807) is 0 Å². The van der Waals surface area contributed by atoms with Gasteiger partial charge in [-0.2, -0.15) is 0 Å². The molecule has 0 fully saturated rings. The van der Waals surface area contributed by atoms with E-state index in [0.29, 0.717) is 0 Å². The second-order valence-corrected chi connectivity index (χ2v) is 15.3. The van der Waals surface area contributed by atoms with Crippen molar-refractivity contribution in [1.29, 1.82) is 0 Å². The van der Waals surface area contributed by atoms with Gasteiger partial charge in [-0.25, -0.2) is 0 Å². The third-order valence-electron chi connectivity index (χ3n) is 11.8. The van der Waals surface area contributed by atoms with Gasteiger partial charge in [-0.3, -0.25) is 0 Å². The van der Waals surface area contributed by atoms with E-state index in [1.165, 1.54) is 60.5 Å². The monoisotopic (exact) mass is 703 g/mol. The number of anilines is 3. The predicted molar refractivity (Wildman–Crippen MR) is 232 cm³/mol. The summed E-state index contributed by atoms with van der Waals surface area (Å²) in [6, 6.07) is 68.5. The van der Waals surface area contributed by atoms with Gasteiger partial charge < -0.3 is 9.32 Å². The van der Waals surface area contributed by atoms with Crippen molar-refractivity contribution in [3.05, 3.63) is 199 Å². The number of benzene rings is 9. The molecule has 0 bridgehead atoms. The normalized spacial score (nSPS) is 13.1. The molecule has 2 nitrogen and oxygen atoms in total. The Balaban J connectivity index is 1.26. The first-order valence-electron chi connectivity index (χ1n) is 19.1. The number of hydrogen-bond donors (Lipinski definition) is 0. The zero-order valence-corrected chi connectivity index (χ0v) is 30.8. The number of furan rings is 1. The Labute approximate surface area is 320 Å². The van der Waals surface area contributed by atoms with Crippen LogP contribution >= 0.6 is 0 Å². The molecule has 9 aromatic carbocycles. The maximum absolute atomic E-state index is 6.64. The summed E-state index contributed by atoms with van der Waals surface area (Å²) in [6.45, 7) is 4.72. The van der Waals surface area contributed by atoms with Crippen molar-refractivity contribution in [3.8, 4) is 33.4 Å². The van der Waals surface area contributed by atoms with Crippen molar-refractivity contribution in [3.63, 3.8) is 0 Å². The molecule has 10 aromatic rings. The Morgan fingerprint density at radius 1 is 0.418 bits per heavy atom. The van der Waals surface area contributed by atoms with E-state index in [4.69, 9.17) is 4.42 Å². The number of nitrogens with zero attached hydrogens (tertiary/aromatic N) is 1. The highest BCUT2D eigenvalue weighted by Crippen LogP contribution is 2.53. The molecule has 0 aliphatic heterocycles. The van der Waals surface area contributed by atoms with Crippen LogP contribution in [0.15, 0.2) is 192 Å². The fraction of sp³-hybridized carbons (Fsp3) is 0.0566. The van der Waals surface area contributed by atoms with Crippen molar-refractivity contribution in [2.75, 3.05) is 4.90 Å². The van der Waals surface area contributed by atoms with Gasteiger partial charge in [0.1, 0.15) is 11.2 Å². The van der Waals surface area contributed by atoms with Gasteiger partial charge in [-0.05, 0) is 109 Å². The molecule has 1 aliphatic rings. The Morgan fingerprint density at radius 3 is 1.96 bits per heavy atom. The van der Waals surface area contributed by atoms with Crippen molar-refractivity contribution in [1.82, 2.24) is 0 Å². The third kappa shape index (κ3) is 4.81. The van der Waals surface area contributed by atoms with Gasteiger partial charge >= 0.3 is 0 Å². The number of para-hydroxylation sites is 1. The predicted octanol–water partition coefficient (Wildman–Crippen LogP) is 15.0. The maximum Gasteiger partial charge on any atom is 0.136 e. The maximum atomic E-state index is 6.64. The van der Waals surface area contributed by atoms with E-state index in [0.717, 1.165) is 44.6 Å². The lowest BCUT2D eigenvalue weighted by Crippen LogP contribution is -2.17. The van der Waals surface area contributed by atoms with Gasteiger partial charge in [0.2, 0.25) is 0 Å². The lowest BCUT2D eigenvalue weighted by Gasteiger charge is -2.30. The second-order valence-electron chi connectivity index (χ2n) is 15.3. The highest BCUT2D eigenvalue weighted by atomic mass is 16.3. The number of fused-ring (bicyclic) bond motifs is 9. The van der Waals surface area contributed by atoms with Crippen molar-refractivity contribution in [2.24, 2.45) is 0 Å². The molecule has 260 valence electrons. The van der Waals surface area contributed by atoms with Crippen LogP contribution in [0.1, 0.15) is 25.0 Å². The molecule has 0 unspecified atom stereocenters. The average Bonchev–Trinajstić information content (AvgIpc) is 3.73. The van der Waals surface area contributed by atoms with Crippen LogP contribution in [0.3, 0.4) is 0 Å². The molecule has 0 radical (unpaired) electrons. The smallest absolute Gasteiger partial charge is 0.136 e. The second kappa shape index (κ2) is 12.1. The van der Waals surface area contributed by atoms with Crippen LogP contribution in [0.2, 0.25) is 0 Å². The first-order chi connectivity index (χ1) is 27.0. The zero-order valence-electron chi connectivity index (χ0n) is 30.8. The van der Waals surface area contributed by atoms with Gasteiger partial charge in [0, 0.05) is 33.1 Å². The van der Waals surface area contributed by atoms with Gasteiger partial charge in [-0.15, -0.1) is 0 Å². The summed E-state index contributed by atoms with van der Waals surface area (Å²) in [5.74, 6) is 0. The molecule has 0 amide bonds. The van der Waals surface area contributed by atoms with Crippen LogP contribution in [0.4, 0.5) is 17.1 Å². The van der Waals surface area contributed by atoms with E-state index in [-0.39, 0.29) is 5.41 Å². The summed E-state index contributed by atoms with van der Waals surface area (Å²) in [7, 11) is 0. The first-order valence-corrected chi connectivity index (χ1v) is 19.1. The topological polar surface area (TPSA) is 16.4 Å². The molecule has 0 saturated carbocycles. The molecule has 1 heterocycles. The summed E-state index contributed by atoms with van der Waals surface area (Å²) in [5.41, 5.74) is 14.9. The van der Waals surface area contributed by atoms with Gasteiger partial charge in [0.25, 0.3) is 0 Å². The quantitative estimate of drug-likeness (QED) is 0.166. The molecule has 0 N–H and O–H groups in total. The molecular weight excluding hydrogens is 667 g/mol. The van der Waals surface area contributed by atoms with Crippen LogP contribution < -0.4 is 4.90 Å². The van der Waals surface area contributed by atoms with E-state index in [1.807, 2.05) is 0 Å². The van der Waals surface area contributed by atoms with Gasteiger partial charge in [-0.1, -0.05) is 153 Å². The molecule has 0 spiro atoms.